The average Bonchev–Trinajstić information content (AvgIpc) is 2.12. The second-order valence-electron chi connectivity index (χ2n) is 2.65. The van der Waals surface area contributed by atoms with Gasteiger partial charge in [-0.2, -0.15) is 0 Å². The van der Waals surface area contributed by atoms with Gasteiger partial charge in [0.05, 0.1) is 5.56 Å². The zero-order valence-corrected chi connectivity index (χ0v) is 6.29. The average molecular weight is 166 g/mol. The molecule has 0 aromatic heterocycles. The molecular formula is C9H7FO2. The Morgan fingerprint density at radius 2 is 2.17 bits per heavy atom. The van der Waals surface area contributed by atoms with Crippen molar-refractivity contribution in [1.82, 2.24) is 0 Å². The van der Waals surface area contributed by atoms with Crippen LogP contribution in [0.1, 0.15) is 22.1 Å². The number of hydrogen-bond acceptors (Lipinski definition) is 2. The van der Waals surface area contributed by atoms with Crippen LogP contribution < -0.4 is 0 Å². The molecule has 1 atom stereocenters. The van der Waals surface area contributed by atoms with Crippen LogP contribution in [-0.2, 0) is 4.74 Å². The summed E-state index contributed by atoms with van der Waals surface area (Å²) in [5, 5.41) is 0. The van der Waals surface area contributed by atoms with Gasteiger partial charge in [-0.25, -0.2) is 9.18 Å². The van der Waals surface area contributed by atoms with Crippen LogP contribution in [0.2, 0.25) is 0 Å². The lowest BCUT2D eigenvalue weighted by atomic mass is 10.0. The lowest BCUT2D eigenvalue weighted by molar-refractivity contribution is 0.0338. The highest BCUT2D eigenvalue weighted by Crippen LogP contribution is 2.26. The van der Waals surface area contributed by atoms with Crippen LogP contribution in [0.5, 0.6) is 0 Å². The molecule has 0 fully saturated rings. The summed E-state index contributed by atoms with van der Waals surface area (Å²) in [5.41, 5.74) is 0.782. The molecule has 1 aromatic rings. The molecule has 2 rings (SSSR count). The van der Waals surface area contributed by atoms with E-state index in [-0.39, 0.29) is 6.61 Å². The number of alkyl halides is 1. The SMILES string of the molecule is O=C1OC[C@@H](F)c2ccccc21. The fraction of sp³-hybridized carbons (Fsp3) is 0.222. The molecule has 0 amide bonds. The van der Waals surface area contributed by atoms with Gasteiger partial charge in [-0.05, 0) is 6.07 Å². The van der Waals surface area contributed by atoms with Crippen molar-refractivity contribution >= 4 is 5.97 Å². The van der Waals surface area contributed by atoms with Gasteiger partial charge in [0.1, 0.15) is 6.61 Å². The number of ether oxygens (including phenoxy) is 1. The van der Waals surface area contributed by atoms with E-state index in [9.17, 15) is 9.18 Å². The molecule has 1 aromatic carbocycles. The lowest BCUT2D eigenvalue weighted by Crippen LogP contribution is -2.19. The quantitative estimate of drug-likeness (QED) is 0.550. The van der Waals surface area contributed by atoms with Crippen molar-refractivity contribution in [2.75, 3.05) is 6.61 Å². The smallest absolute Gasteiger partial charge is 0.338 e. The number of cyclic esters (lactones) is 1. The molecule has 0 bridgehead atoms. The second-order valence-corrected chi connectivity index (χ2v) is 2.65. The van der Waals surface area contributed by atoms with E-state index >= 15 is 0 Å². The van der Waals surface area contributed by atoms with Gasteiger partial charge in [0.2, 0.25) is 0 Å². The molecule has 1 aliphatic rings. The highest BCUT2D eigenvalue weighted by atomic mass is 19.1. The highest BCUT2D eigenvalue weighted by molar-refractivity contribution is 5.92. The molecular weight excluding hydrogens is 159 g/mol. The van der Waals surface area contributed by atoms with Crippen LogP contribution in [-0.4, -0.2) is 12.6 Å². The maximum Gasteiger partial charge on any atom is 0.338 e. The molecule has 12 heavy (non-hydrogen) atoms. The fourth-order valence-electron chi connectivity index (χ4n) is 1.27. The topological polar surface area (TPSA) is 26.3 Å². The molecule has 1 aliphatic heterocycles. The predicted molar refractivity (Wildman–Crippen MR) is 40.6 cm³/mol. The zero-order chi connectivity index (χ0) is 8.55. The summed E-state index contributed by atoms with van der Waals surface area (Å²) in [6.45, 7) is -0.157. The standard InChI is InChI=1S/C9H7FO2/c10-8-5-12-9(11)7-4-2-1-3-6(7)8/h1-4,8H,5H2/t8-/m1/s1. The Labute approximate surface area is 69.0 Å². The maximum absolute atomic E-state index is 13.1. The number of esters is 1. The molecule has 0 unspecified atom stereocenters. The third kappa shape index (κ3) is 0.978. The van der Waals surface area contributed by atoms with Gasteiger partial charge in [-0.1, -0.05) is 18.2 Å². The summed E-state index contributed by atoms with van der Waals surface area (Å²) >= 11 is 0. The Bertz CT molecular complexity index is 322. The fourth-order valence-corrected chi connectivity index (χ4v) is 1.27. The maximum atomic E-state index is 13.1. The lowest BCUT2D eigenvalue weighted by Gasteiger charge is -2.18. The third-order valence-corrected chi connectivity index (χ3v) is 1.88. The van der Waals surface area contributed by atoms with Crippen LogP contribution in [0.4, 0.5) is 4.39 Å². The summed E-state index contributed by atoms with van der Waals surface area (Å²) in [4.78, 5) is 11.0. The first kappa shape index (κ1) is 7.28. The molecule has 1 heterocycles. The van der Waals surface area contributed by atoms with Gasteiger partial charge >= 0.3 is 5.97 Å². The monoisotopic (exact) mass is 166 g/mol. The summed E-state index contributed by atoms with van der Waals surface area (Å²) in [5.74, 6) is -0.431. The molecule has 0 spiro atoms. The predicted octanol–water partition coefficient (Wildman–Crippen LogP) is 1.87. The molecule has 0 saturated heterocycles. The molecule has 2 nitrogen and oxygen atoms in total. The second kappa shape index (κ2) is 2.59. The van der Waals surface area contributed by atoms with Crippen molar-refractivity contribution in [3.63, 3.8) is 0 Å². The van der Waals surface area contributed by atoms with E-state index in [2.05, 4.69) is 4.74 Å². The van der Waals surface area contributed by atoms with Crippen LogP contribution in [0.15, 0.2) is 24.3 Å². The van der Waals surface area contributed by atoms with Gasteiger partial charge in [0.15, 0.2) is 6.17 Å². The first-order valence-electron chi connectivity index (χ1n) is 3.69. The van der Waals surface area contributed by atoms with E-state index in [0.29, 0.717) is 11.1 Å². The minimum absolute atomic E-state index is 0.157. The Kier molecular flexibility index (Phi) is 1.57. The van der Waals surface area contributed by atoms with Gasteiger partial charge in [0.25, 0.3) is 0 Å². The van der Waals surface area contributed by atoms with E-state index in [1.807, 2.05) is 0 Å². The normalized spacial score (nSPS) is 21.4. The summed E-state index contributed by atoms with van der Waals surface area (Å²) in [6.07, 6.45) is -1.17. The van der Waals surface area contributed by atoms with E-state index in [4.69, 9.17) is 0 Å². The number of rotatable bonds is 0. The van der Waals surface area contributed by atoms with Gasteiger partial charge < -0.3 is 4.74 Å². The van der Waals surface area contributed by atoms with Gasteiger partial charge in [-0.15, -0.1) is 0 Å². The van der Waals surface area contributed by atoms with Crippen molar-refractivity contribution in [3.05, 3.63) is 35.4 Å². The van der Waals surface area contributed by atoms with Crippen molar-refractivity contribution in [2.24, 2.45) is 0 Å². The van der Waals surface area contributed by atoms with Crippen LogP contribution in [0.3, 0.4) is 0 Å². The summed E-state index contributed by atoms with van der Waals surface area (Å²) < 4.78 is 17.7. The molecule has 0 radical (unpaired) electrons. The van der Waals surface area contributed by atoms with Crippen molar-refractivity contribution in [3.8, 4) is 0 Å². The number of fused-ring (bicyclic) bond motifs is 1. The van der Waals surface area contributed by atoms with Crippen molar-refractivity contribution in [2.45, 2.75) is 6.17 Å². The number of carbonyl (C=O) groups is 1. The Morgan fingerprint density at radius 3 is 2.92 bits per heavy atom. The number of benzene rings is 1. The molecule has 0 N–H and O–H groups in total. The number of hydrogen-bond donors (Lipinski definition) is 0. The van der Waals surface area contributed by atoms with E-state index in [1.165, 1.54) is 0 Å². The first-order chi connectivity index (χ1) is 5.79. The van der Waals surface area contributed by atoms with Crippen molar-refractivity contribution in [1.29, 1.82) is 0 Å². The van der Waals surface area contributed by atoms with Crippen molar-refractivity contribution < 1.29 is 13.9 Å². The van der Waals surface area contributed by atoms with Gasteiger partial charge in [-0.3, -0.25) is 0 Å². The zero-order valence-electron chi connectivity index (χ0n) is 6.29. The van der Waals surface area contributed by atoms with Crippen LogP contribution in [0.25, 0.3) is 0 Å². The van der Waals surface area contributed by atoms with E-state index in [0.717, 1.165) is 0 Å². The van der Waals surface area contributed by atoms with E-state index < -0.39 is 12.1 Å². The molecule has 62 valence electrons. The molecule has 0 saturated carbocycles. The Hall–Kier alpha value is -1.38. The largest absolute Gasteiger partial charge is 0.459 e. The van der Waals surface area contributed by atoms with Gasteiger partial charge in [0, 0.05) is 5.56 Å². The molecule has 3 heteroatoms. The Morgan fingerprint density at radius 1 is 1.42 bits per heavy atom. The first-order valence-corrected chi connectivity index (χ1v) is 3.69. The minimum Gasteiger partial charge on any atom is -0.459 e. The van der Waals surface area contributed by atoms with Crippen LogP contribution in [0, 0.1) is 0 Å². The Balaban J connectivity index is 2.55. The third-order valence-electron chi connectivity index (χ3n) is 1.88. The number of carbonyl (C=O) groups excluding carboxylic acids is 1. The molecule has 0 aliphatic carbocycles. The highest BCUT2D eigenvalue weighted by Gasteiger charge is 2.25. The van der Waals surface area contributed by atoms with Crippen LogP contribution >= 0.6 is 0 Å². The van der Waals surface area contributed by atoms with E-state index in [1.54, 1.807) is 24.3 Å². The minimum atomic E-state index is -1.17. The summed E-state index contributed by atoms with van der Waals surface area (Å²) in [6, 6.07) is 6.59. The number of halogens is 1. The summed E-state index contributed by atoms with van der Waals surface area (Å²) in [7, 11) is 0.